The number of sulfonamides is 2. The van der Waals surface area contributed by atoms with Gasteiger partial charge in [0.1, 0.15) is 23.7 Å². The van der Waals surface area contributed by atoms with Gasteiger partial charge in [-0.25, -0.2) is 16.8 Å². The summed E-state index contributed by atoms with van der Waals surface area (Å²) >= 11 is 0. The van der Waals surface area contributed by atoms with Crippen LogP contribution in [0.2, 0.25) is 0 Å². The first-order valence-electron chi connectivity index (χ1n) is 22.6. The highest BCUT2D eigenvalue weighted by Gasteiger charge is 2.46. The van der Waals surface area contributed by atoms with Crippen molar-refractivity contribution in [3.8, 4) is 34.0 Å². The highest BCUT2D eigenvalue weighted by atomic mass is 32.2. The average Bonchev–Trinajstić information content (AvgIpc) is 3.27. The lowest BCUT2D eigenvalue weighted by Gasteiger charge is -2.43. The summed E-state index contributed by atoms with van der Waals surface area (Å²) in [6.45, 7) is 7.80. The van der Waals surface area contributed by atoms with E-state index in [9.17, 15) is 36.6 Å². The number of benzene rings is 4. The lowest BCUT2D eigenvalue weighted by Crippen LogP contribution is -2.50. The van der Waals surface area contributed by atoms with Gasteiger partial charge in [-0.3, -0.25) is 28.2 Å². The Bertz CT molecular complexity index is 2940. The maximum absolute atomic E-state index is 13.8. The second kappa shape index (κ2) is 18.4. The standard InChI is InChI=1S/2C26H26N2O5S/c2*1-16-5-3-7-21(11-16)34(31,32)28-15-25(19-12-20(13-19)26(29)30)33-24-10-9-18(14-23(24)28)22-8-4-6-17(2)27-22/h2*3-11,14,19-20,25H,12-13,15H2,1-2H3,(H,29,30)/t2*19?,20?,25-/m11/s1. The predicted octanol–water partition coefficient (Wildman–Crippen LogP) is 8.87. The molecular formula is C52H52N4O10S2. The normalized spacial score (nSPS) is 21.8. The van der Waals surface area contributed by atoms with Crippen molar-refractivity contribution in [2.75, 3.05) is 21.7 Å². The second-order valence-electron chi connectivity index (χ2n) is 18.2. The lowest BCUT2D eigenvalue weighted by atomic mass is 9.72. The van der Waals surface area contributed by atoms with Gasteiger partial charge in [0.25, 0.3) is 20.0 Å². The molecule has 0 amide bonds. The molecule has 4 aliphatic rings. The van der Waals surface area contributed by atoms with E-state index in [0.29, 0.717) is 48.6 Å². The van der Waals surface area contributed by atoms with Crippen LogP contribution in [0.3, 0.4) is 0 Å². The molecule has 0 radical (unpaired) electrons. The second-order valence-corrected chi connectivity index (χ2v) is 22.0. The number of pyridine rings is 2. The quantitative estimate of drug-likeness (QED) is 0.133. The molecule has 14 nitrogen and oxygen atoms in total. The van der Waals surface area contributed by atoms with E-state index < -0.39 is 56.0 Å². The van der Waals surface area contributed by atoms with E-state index in [1.807, 2.05) is 100 Å². The Hall–Kier alpha value is -6.78. The van der Waals surface area contributed by atoms with Crippen molar-refractivity contribution in [2.24, 2.45) is 23.7 Å². The van der Waals surface area contributed by atoms with Gasteiger partial charge in [-0.2, -0.15) is 0 Å². The number of ether oxygens (including phenoxy) is 2. The minimum absolute atomic E-state index is 0.0115. The summed E-state index contributed by atoms with van der Waals surface area (Å²) in [5, 5.41) is 18.5. The highest BCUT2D eigenvalue weighted by Crippen LogP contribution is 2.47. The Labute approximate surface area is 396 Å². The lowest BCUT2D eigenvalue weighted by molar-refractivity contribution is -0.148. The van der Waals surface area contributed by atoms with Gasteiger partial charge >= 0.3 is 11.9 Å². The third-order valence-corrected chi connectivity index (χ3v) is 16.9. The summed E-state index contributed by atoms with van der Waals surface area (Å²) in [6, 6.07) is 36.1. The van der Waals surface area contributed by atoms with Crippen molar-refractivity contribution in [2.45, 2.75) is 75.4 Å². The van der Waals surface area contributed by atoms with Gasteiger partial charge in [-0.05, 0) is 161 Å². The van der Waals surface area contributed by atoms with Gasteiger partial charge in [-0.15, -0.1) is 0 Å². The molecule has 352 valence electrons. The van der Waals surface area contributed by atoms with Crippen LogP contribution in [0.1, 0.15) is 48.2 Å². The monoisotopic (exact) mass is 956 g/mol. The van der Waals surface area contributed by atoms with E-state index in [1.165, 1.54) is 8.61 Å². The molecule has 0 spiro atoms. The van der Waals surface area contributed by atoms with Crippen LogP contribution in [0.25, 0.3) is 22.5 Å². The number of aliphatic carboxylic acids is 2. The number of hydrogen-bond donors (Lipinski definition) is 2. The first kappa shape index (κ1) is 46.3. The van der Waals surface area contributed by atoms with Crippen molar-refractivity contribution >= 4 is 43.4 Å². The zero-order valence-electron chi connectivity index (χ0n) is 38.0. The van der Waals surface area contributed by atoms with Gasteiger partial charge in [0, 0.05) is 22.5 Å². The molecule has 0 bridgehead atoms. The smallest absolute Gasteiger partial charge is 0.306 e. The molecule has 2 N–H and O–H groups in total. The van der Waals surface area contributed by atoms with Crippen LogP contribution in [0.4, 0.5) is 11.4 Å². The van der Waals surface area contributed by atoms with Crippen LogP contribution in [-0.4, -0.2) is 74.3 Å². The van der Waals surface area contributed by atoms with Crippen LogP contribution in [0, 0.1) is 51.4 Å². The molecule has 2 aliphatic heterocycles. The van der Waals surface area contributed by atoms with Crippen LogP contribution in [-0.2, 0) is 29.6 Å². The Kier molecular flexibility index (Phi) is 12.5. The molecule has 2 saturated carbocycles. The van der Waals surface area contributed by atoms with E-state index in [1.54, 1.807) is 48.5 Å². The number of nitrogens with zero attached hydrogens (tertiary/aromatic N) is 4. The molecule has 2 atom stereocenters. The van der Waals surface area contributed by atoms with Crippen molar-refractivity contribution in [3.05, 3.63) is 144 Å². The fraction of sp³-hybridized carbons (Fsp3) is 0.308. The molecule has 16 heteroatoms. The summed E-state index contributed by atoms with van der Waals surface area (Å²) in [7, 11) is -7.74. The number of carbonyl (C=O) groups is 2. The van der Waals surface area contributed by atoms with Crippen LogP contribution in [0.5, 0.6) is 11.5 Å². The van der Waals surface area contributed by atoms with E-state index in [2.05, 4.69) is 9.97 Å². The molecule has 4 aromatic carbocycles. The van der Waals surface area contributed by atoms with Gasteiger partial charge < -0.3 is 19.7 Å². The molecule has 2 aliphatic carbocycles. The third-order valence-electron chi connectivity index (χ3n) is 13.3. The fourth-order valence-corrected chi connectivity index (χ4v) is 12.5. The summed E-state index contributed by atoms with van der Waals surface area (Å²) in [6.07, 6.45) is 1.12. The van der Waals surface area contributed by atoms with E-state index in [0.717, 1.165) is 45.0 Å². The first-order valence-corrected chi connectivity index (χ1v) is 25.5. The number of aromatic nitrogens is 2. The molecule has 4 heterocycles. The highest BCUT2D eigenvalue weighted by molar-refractivity contribution is 7.93. The summed E-state index contributed by atoms with van der Waals surface area (Å²) < 4.78 is 70.6. The molecule has 2 aromatic heterocycles. The average molecular weight is 957 g/mol. The van der Waals surface area contributed by atoms with Gasteiger partial charge in [-0.1, -0.05) is 36.4 Å². The van der Waals surface area contributed by atoms with Crippen LogP contribution in [0.15, 0.2) is 131 Å². The predicted molar refractivity (Wildman–Crippen MR) is 257 cm³/mol. The number of rotatable bonds is 10. The molecule has 0 saturated heterocycles. The maximum Gasteiger partial charge on any atom is 0.306 e. The first-order chi connectivity index (χ1) is 32.4. The Morgan fingerprint density at radius 1 is 0.529 bits per heavy atom. The number of anilines is 2. The van der Waals surface area contributed by atoms with Gasteiger partial charge in [0.15, 0.2) is 0 Å². The number of carboxylic acid groups (broad SMARTS) is 2. The van der Waals surface area contributed by atoms with Crippen molar-refractivity contribution in [1.29, 1.82) is 0 Å². The summed E-state index contributed by atoms with van der Waals surface area (Å²) in [4.78, 5) is 32.2. The zero-order valence-corrected chi connectivity index (χ0v) is 39.7. The van der Waals surface area contributed by atoms with E-state index in [-0.39, 0.29) is 34.7 Å². The number of aryl methyl sites for hydroxylation is 4. The van der Waals surface area contributed by atoms with E-state index >= 15 is 0 Å². The Morgan fingerprint density at radius 2 is 0.912 bits per heavy atom. The molecule has 68 heavy (non-hydrogen) atoms. The van der Waals surface area contributed by atoms with E-state index in [4.69, 9.17) is 9.47 Å². The number of hydrogen-bond acceptors (Lipinski definition) is 10. The molecule has 6 aromatic rings. The SMILES string of the molecule is Cc1cccc(S(=O)(=O)N2C[C@H](C3CC(C(=O)O)C3)Oc3ccc(-c4cccc(C)n4)cc32)c1.Cc1cccc(S(=O)(=O)N2C[C@H](C3CC(C(=O)O)C3)Oc3ccc(-c4cccc(C)n4)cc32)c1. The number of carboxylic acids is 2. The van der Waals surface area contributed by atoms with Crippen molar-refractivity contribution in [1.82, 2.24) is 9.97 Å². The number of fused-ring (bicyclic) bond motifs is 2. The van der Waals surface area contributed by atoms with Crippen molar-refractivity contribution < 1.29 is 46.1 Å². The summed E-state index contributed by atoms with van der Waals surface area (Å²) in [5.74, 6) is -1.49. The zero-order chi connectivity index (χ0) is 48.1. The van der Waals surface area contributed by atoms with Gasteiger partial charge in [0.05, 0.1) is 57.5 Å². The molecule has 10 rings (SSSR count). The Morgan fingerprint density at radius 3 is 1.26 bits per heavy atom. The largest absolute Gasteiger partial charge is 0.486 e. The fourth-order valence-electron chi connectivity index (χ4n) is 9.36. The minimum atomic E-state index is -3.87. The maximum atomic E-state index is 13.8. The molecule has 0 unspecified atom stereocenters. The summed E-state index contributed by atoms with van der Waals surface area (Å²) in [5.41, 5.74) is 7.47. The minimum Gasteiger partial charge on any atom is -0.486 e. The van der Waals surface area contributed by atoms with Crippen molar-refractivity contribution in [3.63, 3.8) is 0 Å². The topological polar surface area (TPSA) is 194 Å². The third kappa shape index (κ3) is 9.26. The molecule has 2 fully saturated rings. The van der Waals surface area contributed by atoms with Crippen LogP contribution >= 0.6 is 0 Å². The van der Waals surface area contributed by atoms with Crippen LogP contribution < -0.4 is 18.1 Å². The molecular weight excluding hydrogens is 905 g/mol. The van der Waals surface area contributed by atoms with Gasteiger partial charge in [0.2, 0.25) is 0 Å². The Balaban J connectivity index is 0.000000170.